The van der Waals surface area contributed by atoms with E-state index >= 15 is 0 Å². The van der Waals surface area contributed by atoms with Gasteiger partial charge in [-0.05, 0) is 30.7 Å². The van der Waals surface area contributed by atoms with Gasteiger partial charge in [-0.2, -0.15) is 0 Å². The lowest BCUT2D eigenvalue weighted by molar-refractivity contribution is -0.145. The van der Waals surface area contributed by atoms with Crippen molar-refractivity contribution in [1.82, 2.24) is 0 Å². The number of carboxylic acid groups (broad SMARTS) is 1. The second kappa shape index (κ2) is 6.11. The van der Waals surface area contributed by atoms with Gasteiger partial charge >= 0.3 is 5.97 Å². The number of carboxylic acids is 1. The predicted octanol–water partition coefficient (Wildman–Crippen LogP) is 3.27. The van der Waals surface area contributed by atoms with Crippen molar-refractivity contribution in [2.75, 3.05) is 5.33 Å². The van der Waals surface area contributed by atoms with Gasteiger partial charge in [-0.3, -0.25) is 0 Å². The van der Waals surface area contributed by atoms with Crippen LogP contribution in [0.3, 0.4) is 0 Å². The van der Waals surface area contributed by atoms with Crippen LogP contribution in [-0.4, -0.2) is 22.5 Å². The molecule has 0 saturated heterocycles. The summed E-state index contributed by atoms with van der Waals surface area (Å²) in [4.78, 5) is 10.9. The molecule has 0 bridgehead atoms. The van der Waals surface area contributed by atoms with Crippen LogP contribution in [-0.2, 0) is 4.79 Å². The van der Waals surface area contributed by atoms with Crippen LogP contribution in [0.25, 0.3) is 0 Å². The Morgan fingerprint density at radius 1 is 1.62 bits per heavy atom. The van der Waals surface area contributed by atoms with Crippen molar-refractivity contribution in [3.8, 4) is 5.75 Å². The monoisotopic (exact) mass is 306 g/mol. The molecule has 5 heteroatoms. The molecule has 1 aromatic rings. The summed E-state index contributed by atoms with van der Waals surface area (Å²) in [6.45, 7) is 1.83. The third-order valence-electron chi connectivity index (χ3n) is 2.05. The second-order valence-electron chi connectivity index (χ2n) is 3.33. The molecule has 16 heavy (non-hydrogen) atoms. The number of hydrogen-bond donors (Lipinski definition) is 1. The molecule has 0 saturated carbocycles. The molecule has 0 aliphatic carbocycles. The molecular weight excluding hydrogens is 295 g/mol. The van der Waals surface area contributed by atoms with Gasteiger partial charge in [-0.1, -0.05) is 27.5 Å². The molecule has 1 aromatic carbocycles. The van der Waals surface area contributed by atoms with E-state index < -0.39 is 12.1 Å². The minimum Gasteiger partial charge on any atom is -0.479 e. The van der Waals surface area contributed by atoms with Crippen molar-refractivity contribution in [3.05, 3.63) is 28.8 Å². The SMILES string of the molecule is Cc1cc(Cl)ccc1OC(CCBr)C(=O)O. The third kappa shape index (κ3) is 3.68. The van der Waals surface area contributed by atoms with E-state index in [9.17, 15) is 4.79 Å². The van der Waals surface area contributed by atoms with Crippen molar-refractivity contribution < 1.29 is 14.6 Å². The zero-order valence-corrected chi connectivity index (χ0v) is 11.1. The van der Waals surface area contributed by atoms with Gasteiger partial charge in [0.15, 0.2) is 6.10 Å². The van der Waals surface area contributed by atoms with Gasteiger partial charge in [0.2, 0.25) is 0 Å². The molecule has 0 fully saturated rings. The van der Waals surface area contributed by atoms with Crippen LogP contribution in [0.4, 0.5) is 0 Å². The molecule has 1 atom stereocenters. The van der Waals surface area contributed by atoms with E-state index in [-0.39, 0.29) is 0 Å². The van der Waals surface area contributed by atoms with E-state index in [0.717, 1.165) is 5.56 Å². The molecule has 0 aromatic heterocycles. The predicted molar refractivity (Wildman–Crippen MR) is 66.7 cm³/mol. The van der Waals surface area contributed by atoms with E-state index in [0.29, 0.717) is 22.5 Å². The Morgan fingerprint density at radius 2 is 2.31 bits per heavy atom. The Bertz CT molecular complexity index is 381. The lowest BCUT2D eigenvalue weighted by Crippen LogP contribution is -2.27. The molecule has 88 valence electrons. The molecule has 1 rings (SSSR count). The fourth-order valence-electron chi connectivity index (χ4n) is 1.23. The zero-order chi connectivity index (χ0) is 12.1. The molecule has 1 N–H and O–H groups in total. The van der Waals surface area contributed by atoms with Gasteiger partial charge < -0.3 is 9.84 Å². The smallest absolute Gasteiger partial charge is 0.344 e. The van der Waals surface area contributed by atoms with Gasteiger partial charge in [-0.15, -0.1) is 0 Å². The van der Waals surface area contributed by atoms with Gasteiger partial charge in [0.1, 0.15) is 5.75 Å². The highest BCUT2D eigenvalue weighted by atomic mass is 79.9. The van der Waals surface area contributed by atoms with E-state index in [1.807, 2.05) is 6.92 Å². The number of benzene rings is 1. The maximum absolute atomic E-state index is 10.9. The van der Waals surface area contributed by atoms with Crippen LogP contribution >= 0.6 is 27.5 Å². The maximum atomic E-state index is 10.9. The molecule has 0 radical (unpaired) electrons. The van der Waals surface area contributed by atoms with Gasteiger partial charge in [-0.25, -0.2) is 4.79 Å². The second-order valence-corrected chi connectivity index (χ2v) is 4.56. The highest BCUT2D eigenvalue weighted by Gasteiger charge is 2.19. The van der Waals surface area contributed by atoms with E-state index in [4.69, 9.17) is 21.4 Å². The fraction of sp³-hybridized carbons (Fsp3) is 0.364. The van der Waals surface area contributed by atoms with Crippen molar-refractivity contribution in [1.29, 1.82) is 0 Å². The molecule has 0 spiro atoms. The fourth-order valence-corrected chi connectivity index (χ4v) is 1.87. The average molecular weight is 308 g/mol. The molecule has 0 aliphatic rings. The van der Waals surface area contributed by atoms with E-state index in [1.165, 1.54) is 0 Å². The Labute approximate surface area is 107 Å². The van der Waals surface area contributed by atoms with Crippen LogP contribution < -0.4 is 4.74 Å². The number of ether oxygens (including phenoxy) is 1. The summed E-state index contributed by atoms with van der Waals surface area (Å²) in [5.74, 6) is -0.411. The zero-order valence-electron chi connectivity index (χ0n) is 8.74. The average Bonchev–Trinajstić information content (AvgIpc) is 2.20. The van der Waals surface area contributed by atoms with E-state index in [1.54, 1.807) is 18.2 Å². The molecule has 1 unspecified atom stereocenters. The Balaban J connectivity index is 2.81. The van der Waals surface area contributed by atoms with Crippen molar-refractivity contribution in [2.45, 2.75) is 19.4 Å². The highest BCUT2D eigenvalue weighted by molar-refractivity contribution is 9.09. The van der Waals surface area contributed by atoms with Crippen LogP contribution in [0.2, 0.25) is 5.02 Å². The largest absolute Gasteiger partial charge is 0.479 e. The topological polar surface area (TPSA) is 46.5 Å². The Morgan fingerprint density at radius 3 is 2.81 bits per heavy atom. The number of aryl methyl sites for hydroxylation is 1. The summed E-state index contributed by atoms with van der Waals surface area (Å²) in [5.41, 5.74) is 0.827. The number of hydrogen-bond acceptors (Lipinski definition) is 2. The molecule has 0 amide bonds. The minimum atomic E-state index is -0.964. The highest BCUT2D eigenvalue weighted by Crippen LogP contribution is 2.23. The van der Waals surface area contributed by atoms with Crippen molar-refractivity contribution >= 4 is 33.5 Å². The summed E-state index contributed by atoms with van der Waals surface area (Å²) in [7, 11) is 0. The van der Waals surface area contributed by atoms with Crippen LogP contribution in [0.1, 0.15) is 12.0 Å². The number of alkyl halides is 1. The van der Waals surface area contributed by atoms with Crippen molar-refractivity contribution in [2.24, 2.45) is 0 Å². The first kappa shape index (κ1) is 13.3. The van der Waals surface area contributed by atoms with Crippen LogP contribution in [0.5, 0.6) is 5.75 Å². The maximum Gasteiger partial charge on any atom is 0.344 e. The summed E-state index contributed by atoms with van der Waals surface area (Å²) in [6.07, 6.45) is -0.420. The molecule has 0 heterocycles. The Hall–Kier alpha value is -0.740. The lowest BCUT2D eigenvalue weighted by Gasteiger charge is -2.15. The minimum absolute atomic E-state index is 0.414. The first-order valence-corrected chi connectivity index (χ1v) is 6.26. The molecular formula is C11H12BrClO3. The molecule has 3 nitrogen and oxygen atoms in total. The molecule has 0 aliphatic heterocycles. The van der Waals surface area contributed by atoms with Crippen molar-refractivity contribution in [3.63, 3.8) is 0 Å². The number of rotatable bonds is 5. The quantitative estimate of drug-likeness (QED) is 0.849. The van der Waals surface area contributed by atoms with Gasteiger partial charge in [0, 0.05) is 16.8 Å². The number of carbonyl (C=O) groups is 1. The van der Waals surface area contributed by atoms with E-state index in [2.05, 4.69) is 15.9 Å². The lowest BCUT2D eigenvalue weighted by atomic mass is 10.2. The van der Waals surface area contributed by atoms with Gasteiger partial charge in [0.05, 0.1) is 0 Å². The summed E-state index contributed by atoms with van der Waals surface area (Å²) in [6, 6.07) is 5.10. The van der Waals surface area contributed by atoms with Gasteiger partial charge in [0.25, 0.3) is 0 Å². The normalized spacial score (nSPS) is 12.2. The standard InChI is InChI=1S/C11H12BrClO3/c1-7-6-8(13)2-3-9(7)16-10(4-5-12)11(14)15/h2-3,6,10H,4-5H2,1H3,(H,14,15). The number of halogens is 2. The van der Waals surface area contributed by atoms with Crippen LogP contribution in [0.15, 0.2) is 18.2 Å². The number of aliphatic carboxylic acids is 1. The first-order chi connectivity index (χ1) is 7.54. The summed E-state index contributed by atoms with van der Waals surface area (Å²) in [5, 5.41) is 10.1. The summed E-state index contributed by atoms with van der Waals surface area (Å²) < 4.78 is 5.41. The third-order valence-corrected chi connectivity index (χ3v) is 2.75. The first-order valence-electron chi connectivity index (χ1n) is 4.76. The summed E-state index contributed by atoms with van der Waals surface area (Å²) >= 11 is 9.00. The Kier molecular flexibility index (Phi) is 5.09. The van der Waals surface area contributed by atoms with Crippen LogP contribution in [0, 0.1) is 6.92 Å².